The molecule has 0 fully saturated rings. The highest BCUT2D eigenvalue weighted by Gasteiger charge is 2.20. The summed E-state index contributed by atoms with van der Waals surface area (Å²) in [6, 6.07) is 0. The van der Waals surface area contributed by atoms with E-state index in [0.717, 1.165) is 5.82 Å². The standard InChI is InChI=1S/C8H15N5OS/c1-4-13-8(10-11-12-13)6(15-3)5-7(14)9-2/h6H,4-5H2,1-3H3,(H,9,14). The van der Waals surface area contributed by atoms with E-state index >= 15 is 0 Å². The van der Waals surface area contributed by atoms with E-state index in [1.807, 2.05) is 13.2 Å². The summed E-state index contributed by atoms with van der Waals surface area (Å²) in [5, 5.41) is 14.0. The predicted octanol–water partition coefficient (Wildman–Crippen LogP) is 0.233. The Balaban J connectivity index is 2.78. The minimum atomic E-state index is 0.00000283. The number of tetrazole rings is 1. The van der Waals surface area contributed by atoms with Crippen molar-refractivity contribution in [3.8, 4) is 0 Å². The van der Waals surface area contributed by atoms with Crippen LogP contribution in [0.25, 0.3) is 0 Å². The van der Waals surface area contributed by atoms with Crippen molar-refractivity contribution in [2.45, 2.75) is 25.1 Å². The van der Waals surface area contributed by atoms with Crippen LogP contribution in [-0.2, 0) is 11.3 Å². The van der Waals surface area contributed by atoms with Crippen LogP contribution in [0.2, 0.25) is 0 Å². The van der Waals surface area contributed by atoms with E-state index in [1.54, 1.807) is 23.5 Å². The third-order valence-electron chi connectivity index (χ3n) is 2.08. The Kier molecular flexibility index (Phi) is 4.54. The molecule has 0 aliphatic rings. The molecule has 0 bridgehead atoms. The Hall–Kier alpha value is -1.11. The quantitative estimate of drug-likeness (QED) is 0.782. The third-order valence-corrected chi connectivity index (χ3v) is 3.03. The number of carbonyl (C=O) groups excluding carboxylic acids is 1. The normalized spacial score (nSPS) is 12.5. The molecule has 1 aromatic rings. The number of hydrogen-bond acceptors (Lipinski definition) is 5. The number of hydrogen-bond donors (Lipinski definition) is 1. The molecule has 0 aliphatic heterocycles. The largest absolute Gasteiger partial charge is 0.359 e. The van der Waals surface area contributed by atoms with E-state index < -0.39 is 0 Å². The number of amides is 1. The Morgan fingerprint density at radius 1 is 1.67 bits per heavy atom. The van der Waals surface area contributed by atoms with E-state index in [1.165, 1.54) is 0 Å². The number of thioether (sulfide) groups is 1. The first-order valence-corrected chi connectivity index (χ1v) is 6.01. The molecule has 0 saturated carbocycles. The van der Waals surface area contributed by atoms with Crippen LogP contribution < -0.4 is 5.32 Å². The van der Waals surface area contributed by atoms with E-state index in [-0.39, 0.29) is 11.2 Å². The van der Waals surface area contributed by atoms with Crippen LogP contribution in [0, 0.1) is 0 Å². The summed E-state index contributed by atoms with van der Waals surface area (Å²) < 4.78 is 1.71. The molecule has 84 valence electrons. The molecular formula is C8H15N5OS. The fourth-order valence-corrected chi connectivity index (χ4v) is 1.92. The number of aryl methyl sites for hydroxylation is 1. The van der Waals surface area contributed by atoms with Gasteiger partial charge in [-0.15, -0.1) is 5.10 Å². The van der Waals surface area contributed by atoms with Crippen LogP contribution in [0.1, 0.15) is 24.4 Å². The first kappa shape index (κ1) is 12.0. The van der Waals surface area contributed by atoms with Crippen LogP contribution >= 0.6 is 11.8 Å². The zero-order valence-corrected chi connectivity index (χ0v) is 9.91. The number of nitrogens with one attached hydrogen (secondary N) is 1. The lowest BCUT2D eigenvalue weighted by molar-refractivity contribution is -0.120. The summed E-state index contributed by atoms with van der Waals surface area (Å²) in [6.07, 6.45) is 2.35. The van der Waals surface area contributed by atoms with Crippen LogP contribution in [0.3, 0.4) is 0 Å². The molecule has 1 N–H and O–H groups in total. The lowest BCUT2D eigenvalue weighted by atomic mass is 10.2. The van der Waals surface area contributed by atoms with Gasteiger partial charge in [-0.2, -0.15) is 11.8 Å². The first-order valence-electron chi connectivity index (χ1n) is 4.72. The summed E-state index contributed by atoms with van der Waals surface area (Å²) in [7, 11) is 1.63. The lowest BCUT2D eigenvalue weighted by Crippen LogP contribution is -2.21. The maximum Gasteiger partial charge on any atom is 0.221 e. The molecule has 1 unspecified atom stereocenters. The van der Waals surface area contributed by atoms with Crippen molar-refractivity contribution >= 4 is 17.7 Å². The molecule has 1 amide bonds. The smallest absolute Gasteiger partial charge is 0.221 e. The minimum absolute atomic E-state index is 0.00000283. The van der Waals surface area contributed by atoms with Gasteiger partial charge in [0.1, 0.15) is 0 Å². The maximum absolute atomic E-state index is 11.3. The molecule has 0 radical (unpaired) electrons. The number of rotatable bonds is 5. The lowest BCUT2D eigenvalue weighted by Gasteiger charge is -2.11. The van der Waals surface area contributed by atoms with Crippen LogP contribution in [0.5, 0.6) is 0 Å². The van der Waals surface area contributed by atoms with Crippen molar-refractivity contribution in [1.29, 1.82) is 0 Å². The van der Waals surface area contributed by atoms with Crippen molar-refractivity contribution in [2.75, 3.05) is 13.3 Å². The Morgan fingerprint density at radius 3 is 2.93 bits per heavy atom. The summed E-state index contributed by atoms with van der Waals surface area (Å²) in [4.78, 5) is 11.3. The Morgan fingerprint density at radius 2 is 2.40 bits per heavy atom. The topological polar surface area (TPSA) is 72.7 Å². The predicted molar refractivity (Wildman–Crippen MR) is 58.4 cm³/mol. The van der Waals surface area contributed by atoms with Gasteiger partial charge in [0.2, 0.25) is 5.91 Å². The number of nitrogens with zero attached hydrogens (tertiary/aromatic N) is 4. The summed E-state index contributed by atoms with van der Waals surface area (Å²) in [5.41, 5.74) is 0. The molecule has 6 nitrogen and oxygen atoms in total. The van der Waals surface area contributed by atoms with Gasteiger partial charge in [0.25, 0.3) is 0 Å². The molecule has 7 heteroatoms. The van der Waals surface area contributed by atoms with Crippen LogP contribution in [-0.4, -0.2) is 39.4 Å². The third kappa shape index (κ3) is 2.92. The van der Waals surface area contributed by atoms with Crippen molar-refractivity contribution in [3.63, 3.8) is 0 Å². The van der Waals surface area contributed by atoms with Gasteiger partial charge in [0.15, 0.2) is 5.82 Å². The zero-order valence-electron chi connectivity index (χ0n) is 9.10. The minimum Gasteiger partial charge on any atom is -0.359 e. The second-order valence-electron chi connectivity index (χ2n) is 2.95. The van der Waals surface area contributed by atoms with E-state index in [4.69, 9.17) is 0 Å². The Labute approximate surface area is 92.8 Å². The van der Waals surface area contributed by atoms with E-state index in [2.05, 4.69) is 20.8 Å². The van der Waals surface area contributed by atoms with Crippen LogP contribution in [0.4, 0.5) is 0 Å². The molecule has 0 aliphatic carbocycles. The molecule has 1 atom stereocenters. The van der Waals surface area contributed by atoms with E-state index in [0.29, 0.717) is 13.0 Å². The van der Waals surface area contributed by atoms with Gasteiger partial charge in [-0.05, 0) is 23.6 Å². The fourth-order valence-electron chi connectivity index (χ4n) is 1.22. The molecule has 0 aromatic carbocycles. The monoisotopic (exact) mass is 229 g/mol. The summed E-state index contributed by atoms with van der Waals surface area (Å²) in [5.74, 6) is 0.758. The van der Waals surface area contributed by atoms with Gasteiger partial charge in [0.05, 0.1) is 5.25 Å². The van der Waals surface area contributed by atoms with Gasteiger partial charge in [-0.1, -0.05) is 0 Å². The number of aromatic nitrogens is 4. The van der Waals surface area contributed by atoms with E-state index in [9.17, 15) is 4.79 Å². The van der Waals surface area contributed by atoms with Gasteiger partial charge in [0, 0.05) is 20.0 Å². The van der Waals surface area contributed by atoms with Crippen molar-refractivity contribution in [1.82, 2.24) is 25.5 Å². The van der Waals surface area contributed by atoms with Crippen LogP contribution in [0.15, 0.2) is 0 Å². The molecular weight excluding hydrogens is 214 g/mol. The molecule has 0 saturated heterocycles. The maximum atomic E-state index is 11.3. The average Bonchev–Trinajstić information content (AvgIpc) is 2.73. The zero-order chi connectivity index (χ0) is 11.3. The van der Waals surface area contributed by atoms with Gasteiger partial charge in [-0.3, -0.25) is 4.79 Å². The first-order chi connectivity index (χ1) is 7.22. The number of carbonyl (C=O) groups is 1. The Bertz CT molecular complexity index is 327. The molecule has 1 aromatic heterocycles. The highest BCUT2D eigenvalue weighted by Crippen LogP contribution is 2.27. The highest BCUT2D eigenvalue weighted by molar-refractivity contribution is 7.98. The summed E-state index contributed by atoms with van der Waals surface area (Å²) >= 11 is 1.58. The average molecular weight is 229 g/mol. The molecule has 1 rings (SSSR count). The second kappa shape index (κ2) is 5.69. The second-order valence-corrected chi connectivity index (χ2v) is 3.99. The highest BCUT2D eigenvalue weighted by atomic mass is 32.2. The molecule has 1 heterocycles. The molecule has 15 heavy (non-hydrogen) atoms. The van der Waals surface area contributed by atoms with Crippen molar-refractivity contribution in [2.24, 2.45) is 0 Å². The van der Waals surface area contributed by atoms with Gasteiger partial charge < -0.3 is 5.32 Å². The van der Waals surface area contributed by atoms with Gasteiger partial charge >= 0.3 is 0 Å². The SMILES string of the molecule is CCn1nnnc1C(CC(=O)NC)SC. The van der Waals surface area contributed by atoms with Gasteiger partial charge in [-0.25, -0.2) is 4.68 Å². The fraction of sp³-hybridized carbons (Fsp3) is 0.750. The molecule has 0 spiro atoms. The van der Waals surface area contributed by atoms with Crippen molar-refractivity contribution < 1.29 is 4.79 Å². The summed E-state index contributed by atoms with van der Waals surface area (Å²) in [6.45, 7) is 2.68. The van der Waals surface area contributed by atoms with Crippen molar-refractivity contribution in [3.05, 3.63) is 5.82 Å².